The van der Waals surface area contributed by atoms with Crippen LogP contribution < -0.4 is 0 Å². The van der Waals surface area contributed by atoms with E-state index in [0.29, 0.717) is 17.8 Å². The van der Waals surface area contributed by atoms with Gasteiger partial charge in [-0.15, -0.1) is 0 Å². The van der Waals surface area contributed by atoms with Crippen molar-refractivity contribution in [3.05, 3.63) is 29.5 Å². The fourth-order valence-electron chi connectivity index (χ4n) is 2.51. The Balaban J connectivity index is 2.18. The van der Waals surface area contributed by atoms with Gasteiger partial charge in [0.15, 0.2) is 0 Å². The van der Waals surface area contributed by atoms with Gasteiger partial charge in [0.1, 0.15) is 0 Å². The van der Waals surface area contributed by atoms with Gasteiger partial charge in [-0.05, 0) is 0 Å². The number of unbranched alkanes of at least 4 members (excludes halogenated alkanes) is 3. The first kappa shape index (κ1) is 17.6. The summed E-state index contributed by atoms with van der Waals surface area (Å²) in [5.74, 6) is -0.142. The molecular weight excluding hydrogens is 359 g/mol. The molecule has 1 aliphatic heterocycles. The number of hydrogen-bond donors (Lipinski definition) is 2. The number of benzene rings is 1. The first-order valence-corrected chi connectivity index (χ1v) is 8.64. The van der Waals surface area contributed by atoms with Crippen molar-refractivity contribution >= 4 is 32.2 Å². The number of aromatic hydroxyl groups is 2. The molecule has 0 atom stereocenters. The Kier molecular flexibility index (Phi) is 5.85. The normalized spacial score (nSPS) is 16.7. The SMILES string of the molecule is CCCCCCN1C(=O)C(=Cc2ccc(O)cc2O)N(C)C1=[Se]. The number of hydrogen-bond acceptors (Lipinski definition) is 4. The molecule has 2 N–H and O–H groups in total. The van der Waals surface area contributed by atoms with Crippen LogP contribution in [0, 0.1) is 0 Å². The van der Waals surface area contributed by atoms with E-state index < -0.39 is 0 Å². The summed E-state index contributed by atoms with van der Waals surface area (Å²) in [6, 6.07) is 4.33. The van der Waals surface area contributed by atoms with Gasteiger partial charge in [0.05, 0.1) is 0 Å². The van der Waals surface area contributed by atoms with E-state index >= 15 is 0 Å². The number of phenols is 2. The van der Waals surface area contributed by atoms with Gasteiger partial charge in [0.25, 0.3) is 0 Å². The maximum atomic E-state index is 12.6. The monoisotopic (exact) mass is 382 g/mol. The molecule has 23 heavy (non-hydrogen) atoms. The van der Waals surface area contributed by atoms with Crippen molar-refractivity contribution < 1.29 is 15.0 Å². The molecule has 0 spiro atoms. The summed E-state index contributed by atoms with van der Waals surface area (Å²) < 4.78 is 0.774. The van der Waals surface area contributed by atoms with E-state index in [0.717, 1.165) is 23.9 Å². The molecule has 1 fully saturated rings. The quantitative estimate of drug-likeness (QED) is 0.450. The second kappa shape index (κ2) is 7.66. The van der Waals surface area contributed by atoms with Crippen LogP contribution >= 0.6 is 0 Å². The number of amides is 1. The third-order valence-electron chi connectivity index (χ3n) is 3.88. The van der Waals surface area contributed by atoms with E-state index in [9.17, 15) is 15.0 Å². The molecule has 1 amide bonds. The van der Waals surface area contributed by atoms with Crippen molar-refractivity contribution in [2.24, 2.45) is 0 Å². The Morgan fingerprint density at radius 2 is 1.96 bits per heavy atom. The van der Waals surface area contributed by atoms with Crippen LogP contribution in [0.15, 0.2) is 23.9 Å². The fourth-order valence-corrected chi connectivity index (χ4v) is 3.08. The first-order chi connectivity index (χ1) is 11.0. The van der Waals surface area contributed by atoms with Crippen LogP contribution in [0.3, 0.4) is 0 Å². The van der Waals surface area contributed by atoms with Gasteiger partial charge in [-0.1, -0.05) is 0 Å². The number of nitrogens with zero attached hydrogens (tertiary/aromatic N) is 2. The molecule has 1 saturated heterocycles. The molecule has 1 aromatic carbocycles. The molecule has 0 bridgehead atoms. The van der Waals surface area contributed by atoms with Crippen LogP contribution in [0.25, 0.3) is 6.08 Å². The summed E-state index contributed by atoms with van der Waals surface area (Å²) in [6.07, 6.45) is 6.05. The molecule has 1 aliphatic rings. The molecule has 124 valence electrons. The van der Waals surface area contributed by atoms with Crippen molar-refractivity contribution in [1.82, 2.24) is 9.80 Å². The van der Waals surface area contributed by atoms with Gasteiger partial charge >= 0.3 is 144 Å². The fraction of sp³-hybridized carbons (Fsp3) is 0.412. The maximum absolute atomic E-state index is 12.6. The molecule has 0 unspecified atom stereocenters. The number of carbonyl (C=O) groups excluding carboxylic acids is 1. The zero-order valence-corrected chi connectivity index (χ0v) is 15.2. The van der Waals surface area contributed by atoms with Gasteiger partial charge in [0, 0.05) is 0 Å². The Morgan fingerprint density at radius 1 is 1.22 bits per heavy atom. The second-order valence-electron chi connectivity index (χ2n) is 5.63. The zero-order valence-electron chi connectivity index (χ0n) is 13.5. The average Bonchev–Trinajstić information content (AvgIpc) is 2.71. The number of phenolic OH excluding ortho intramolecular Hbond substituents is 2. The third-order valence-corrected chi connectivity index (χ3v) is 4.92. The molecular formula is C17H22N2O3Se. The Labute approximate surface area is 144 Å². The number of rotatable bonds is 6. The molecule has 0 aliphatic carbocycles. The summed E-state index contributed by atoms with van der Waals surface area (Å²) >= 11 is 2.95. The minimum atomic E-state index is -0.0785. The predicted octanol–water partition coefficient (Wildman–Crippen LogP) is 2.05. The summed E-state index contributed by atoms with van der Waals surface area (Å²) in [4.78, 5) is 16.1. The van der Waals surface area contributed by atoms with Gasteiger partial charge in [-0.3, -0.25) is 0 Å². The van der Waals surface area contributed by atoms with E-state index in [-0.39, 0.29) is 17.4 Å². The molecule has 0 radical (unpaired) electrons. The van der Waals surface area contributed by atoms with E-state index in [1.54, 1.807) is 21.9 Å². The van der Waals surface area contributed by atoms with Crippen molar-refractivity contribution in [3.63, 3.8) is 0 Å². The van der Waals surface area contributed by atoms with Crippen LogP contribution in [0.4, 0.5) is 0 Å². The number of likely N-dealkylation sites (N-methyl/N-ethyl adjacent to an activating group) is 1. The van der Waals surface area contributed by atoms with E-state index in [1.807, 2.05) is 7.05 Å². The Hall–Kier alpha value is -1.78. The molecule has 5 nitrogen and oxygen atoms in total. The van der Waals surface area contributed by atoms with Crippen LogP contribution in [0.1, 0.15) is 38.2 Å². The van der Waals surface area contributed by atoms with Gasteiger partial charge in [-0.25, -0.2) is 0 Å². The molecule has 1 heterocycles. The summed E-state index contributed by atoms with van der Waals surface area (Å²) in [7, 11) is 1.82. The molecule has 2 rings (SSSR count). The van der Waals surface area contributed by atoms with Crippen molar-refractivity contribution in [1.29, 1.82) is 0 Å². The van der Waals surface area contributed by atoms with Gasteiger partial charge in [-0.2, -0.15) is 0 Å². The Morgan fingerprint density at radius 3 is 2.61 bits per heavy atom. The van der Waals surface area contributed by atoms with E-state index in [4.69, 9.17) is 0 Å². The summed E-state index contributed by atoms with van der Waals surface area (Å²) in [5, 5.41) is 19.2. The molecule has 1 aromatic rings. The van der Waals surface area contributed by atoms with Gasteiger partial charge in [0.2, 0.25) is 0 Å². The van der Waals surface area contributed by atoms with Crippen molar-refractivity contribution in [2.75, 3.05) is 13.6 Å². The van der Waals surface area contributed by atoms with Crippen molar-refractivity contribution in [3.8, 4) is 11.5 Å². The van der Waals surface area contributed by atoms with Crippen LogP contribution in [0.2, 0.25) is 0 Å². The molecule has 6 heteroatoms. The van der Waals surface area contributed by atoms with Crippen LogP contribution in [0.5, 0.6) is 11.5 Å². The van der Waals surface area contributed by atoms with Crippen molar-refractivity contribution in [2.45, 2.75) is 32.6 Å². The Bertz CT molecular complexity index is 643. The van der Waals surface area contributed by atoms with Gasteiger partial charge < -0.3 is 0 Å². The molecule has 0 aromatic heterocycles. The second-order valence-corrected chi connectivity index (χ2v) is 6.40. The summed E-state index contributed by atoms with van der Waals surface area (Å²) in [5.41, 5.74) is 0.994. The predicted molar refractivity (Wildman–Crippen MR) is 92.1 cm³/mol. The van der Waals surface area contributed by atoms with E-state index in [2.05, 4.69) is 22.5 Å². The number of carbonyl (C=O) groups is 1. The first-order valence-electron chi connectivity index (χ1n) is 7.79. The van der Waals surface area contributed by atoms with E-state index in [1.165, 1.54) is 18.6 Å². The summed E-state index contributed by atoms with van der Waals surface area (Å²) in [6.45, 7) is 2.84. The van der Waals surface area contributed by atoms with Crippen LogP contribution in [-0.2, 0) is 4.79 Å². The third kappa shape index (κ3) is 3.95. The average molecular weight is 381 g/mol. The zero-order chi connectivity index (χ0) is 17.0. The topological polar surface area (TPSA) is 64.0 Å². The standard InChI is InChI=1S/C17H22N2O3Se/c1-3-4-5-6-9-19-16(22)14(18(2)17(19)23)10-12-7-8-13(20)11-15(12)21/h7-8,10-11,20-21H,3-6,9H2,1-2H3. The molecule has 0 saturated carbocycles. The van der Waals surface area contributed by atoms with Crippen LogP contribution in [-0.4, -0.2) is 59.8 Å². The minimum absolute atomic E-state index is 0.00983.